The molecular formula is C10H12N2. The van der Waals surface area contributed by atoms with E-state index in [9.17, 15) is 0 Å². The van der Waals surface area contributed by atoms with Crippen molar-refractivity contribution in [2.45, 2.75) is 13.0 Å². The summed E-state index contributed by atoms with van der Waals surface area (Å²) < 4.78 is 0. The van der Waals surface area contributed by atoms with E-state index in [0.717, 1.165) is 12.4 Å². The van der Waals surface area contributed by atoms with Gasteiger partial charge in [0.15, 0.2) is 0 Å². The Hall–Kier alpha value is -1.31. The Balaban J connectivity index is 2.22. The minimum atomic E-state index is 0.486. The molecule has 1 aromatic rings. The summed E-state index contributed by atoms with van der Waals surface area (Å²) in [6, 6.07) is 10.7. The van der Waals surface area contributed by atoms with Crippen LogP contribution in [-0.2, 0) is 0 Å². The van der Waals surface area contributed by atoms with E-state index in [1.165, 1.54) is 5.56 Å². The lowest BCUT2D eigenvalue weighted by atomic mass is 10.2. The van der Waals surface area contributed by atoms with Crippen molar-refractivity contribution in [3.63, 3.8) is 0 Å². The summed E-state index contributed by atoms with van der Waals surface area (Å²) in [4.78, 5) is 4.39. The summed E-state index contributed by atoms with van der Waals surface area (Å²) in [5.41, 5.74) is 1.18. The minimum Gasteiger partial charge on any atom is -0.366 e. The summed E-state index contributed by atoms with van der Waals surface area (Å²) in [7, 11) is 0. The fourth-order valence-electron chi connectivity index (χ4n) is 1.32. The van der Waals surface area contributed by atoms with Crippen LogP contribution in [0.2, 0.25) is 0 Å². The molecule has 1 heterocycles. The van der Waals surface area contributed by atoms with E-state index in [-0.39, 0.29) is 0 Å². The number of hydrogen-bond donors (Lipinski definition) is 1. The molecule has 0 amide bonds. The third-order valence-electron chi connectivity index (χ3n) is 1.95. The lowest BCUT2D eigenvalue weighted by Gasteiger charge is -2.04. The molecular weight excluding hydrogens is 148 g/mol. The van der Waals surface area contributed by atoms with Crippen LogP contribution in [0.25, 0.3) is 0 Å². The van der Waals surface area contributed by atoms with E-state index in [4.69, 9.17) is 0 Å². The normalized spacial score (nSPS) is 21.8. The van der Waals surface area contributed by atoms with Gasteiger partial charge in [0.25, 0.3) is 0 Å². The van der Waals surface area contributed by atoms with Crippen LogP contribution in [0.15, 0.2) is 35.3 Å². The molecule has 2 heteroatoms. The number of rotatable bonds is 1. The number of benzene rings is 1. The quantitative estimate of drug-likeness (QED) is 0.660. The second-order valence-corrected chi connectivity index (χ2v) is 3.10. The molecule has 2 nitrogen and oxygen atoms in total. The van der Waals surface area contributed by atoms with Crippen molar-refractivity contribution < 1.29 is 0 Å². The van der Waals surface area contributed by atoms with Gasteiger partial charge in [0.05, 0.1) is 6.54 Å². The predicted molar refractivity (Wildman–Crippen MR) is 50.4 cm³/mol. The van der Waals surface area contributed by atoms with Gasteiger partial charge in [0.2, 0.25) is 0 Å². The van der Waals surface area contributed by atoms with Gasteiger partial charge in [-0.2, -0.15) is 0 Å². The summed E-state index contributed by atoms with van der Waals surface area (Å²) in [5.74, 6) is 1.03. The Morgan fingerprint density at radius 2 is 2.08 bits per heavy atom. The molecule has 62 valence electrons. The topological polar surface area (TPSA) is 24.4 Å². The standard InChI is InChI=1S/C10H12N2/c1-8-7-11-10(12-8)9-5-3-2-4-6-9/h2-6,8H,7H2,1H3,(H,11,12)/t8-/m0/s1. The maximum absolute atomic E-state index is 4.39. The highest BCUT2D eigenvalue weighted by atomic mass is 15.1. The van der Waals surface area contributed by atoms with Gasteiger partial charge in [-0.3, -0.25) is 4.99 Å². The monoisotopic (exact) mass is 160 g/mol. The largest absolute Gasteiger partial charge is 0.366 e. The average Bonchev–Trinajstić information content (AvgIpc) is 2.54. The van der Waals surface area contributed by atoms with Crippen LogP contribution in [0, 0.1) is 0 Å². The van der Waals surface area contributed by atoms with Crippen molar-refractivity contribution in [2.75, 3.05) is 6.54 Å². The third-order valence-corrected chi connectivity index (χ3v) is 1.95. The van der Waals surface area contributed by atoms with E-state index >= 15 is 0 Å². The number of hydrogen-bond acceptors (Lipinski definition) is 2. The number of amidine groups is 1. The molecule has 0 aliphatic carbocycles. The van der Waals surface area contributed by atoms with Crippen molar-refractivity contribution in [3.05, 3.63) is 35.9 Å². The molecule has 0 saturated carbocycles. The number of nitrogens with zero attached hydrogens (tertiary/aromatic N) is 1. The van der Waals surface area contributed by atoms with Gasteiger partial charge in [0, 0.05) is 11.6 Å². The Kier molecular flexibility index (Phi) is 1.82. The van der Waals surface area contributed by atoms with Gasteiger partial charge in [-0.05, 0) is 6.92 Å². The Morgan fingerprint density at radius 1 is 1.33 bits per heavy atom. The molecule has 1 aliphatic heterocycles. The Morgan fingerprint density at radius 3 is 2.67 bits per heavy atom. The van der Waals surface area contributed by atoms with Gasteiger partial charge in [-0.15, -0.1) is 0 Å². The average molecular weight is 160 g/mol. The van der Waals surface area contributed by atoms with Crippen LogP contribution in [0.5, 0.6) is 0 Å². The first-order valence-corrected chi connectivity index (χ1v) is 4.22. The lowest BCUT2D eigenvalue weighted by Crippen LogP contribution is -2.27. The summed E-state index contributed by atoms with van der Waals surface area (Å²) in [6.07, 6.45) is 0. The van der Waals surface area contributed by atoms with Crippen LogP contribution < -0.4 is 5.32 Å². The van der Waals surface area contributed by atoms with E-state index in [2.05, 4.69) is 29.4 Å². The molecule has 0 fully saturated rings. The van der Waals surface area contributed by atoms with Gasteiger partial charge < -0.3 is 5.32 Å². The molecule has 0 bridgehead atoms. The van der Waals surface area contributed by atoms with Gasteiger partial charge in [0.1, 0.15) is 5.84 Å². The van der Waals surface area contributed by atoms with Crippen molar-refractivity contribution >= 4 is 5.84 Å². The van der Waals surface area contributed by atoms with Gasteiger partial charge in [-0.25, -0.2) is 0 Å². The zero-order chi connectivity index (χ0) is 8.39. The molecule has 2 rings (SSSR count). The molecule has 1 aliphatic rings. The van der Waals surface area contributed by atoms with Crippen molar-refractivity contribution in [2.24, 2.45) is 4.99 Å². The zero-order valence-electron chi connectivity index (χ0n) is 7.12. The summed E-state index contributed by atoms with van der Waals surface area (Å²) in [5, 5.41) is 3.32. The van der Waals surface area contributed by atoms with Crippen LogP contribution in [0.3, 0.4) is 0 Å². The second kappa shape index (κ2) is 2.97. The van der Waals surface area contributed by atoms with Crippen LogP contribution in [0.4, 0.5) is 0 Å². The molecule has 12 heavy (non-hydrogen) atoms. The first-order chi connectivity index (χ1) is 5.86. The highest BCUT2D eigenvalue weighted by molar-refractivity contribution is 5.99. The number of aliphatic imine (C=N–C) groups is 1. The van der Waals surface area contributed by atoms with Crippen LogP contribution in [0.1, 0.15) is 12.5 Å². The first kappa shape index (κ1) is 7.35. The SMILES string of the molecule is C[C@H]1CN=C(c2ccccc2)N1. The Bertz CT molecular complexity index is 290. The highest BCUT2D eigenvalue weighted by Crippen LogP contribution is 2.04. The van der Waals surface area contributed by atoms with Gasteiger partial charge in [-0.1, -0.05) is 30.3 Å². The van der Waals surface area contributed by atoms with E-state index in [1.54, 1.807) is 0 Å². The molecule has 0 unspecified atom stereocenters. The van der Waals surface area contributed by atoms with Crippen LogP contribution in [-0.4, -0.2) is 18.4 Å². The second-order valence-electron chi connectivity index (χ2n) is 3.10. The van der Waals surface area contributed by atoms with Crippen molar-refractivity contribution in [1.29, 1.82) is 0 Å². The van der Waals surface area contributed by atoms with Crippen LogP contribution >= 0.6 is 0 Å². The fourth-order valence-corrected chi connectivity index (χ4v) is 1.32. The molecule has 1 atom stereocenters. The van der Waals surface area contributed by atoms with E-state index in [1.807, 2.05) is 18.2 Å². The molecule has 0 radical (unpaired) electrons. The maximum Gasteiger partial charge on any atom is 0.128 e. The van der Waals surface area contributed by atoms with E-state index < -0.39 is 0 Å². The van der Waals surface area contributed by atoms with Gasteiger partial charge >= 0.3 is 0 Å². The summed E-state index contributed by atoms with van der Waals surface area (Å²) in [6.45, 7) is 3.03. The molecule has 0 aromatic heterocycles. The minimum absolute atomic E-state index is 0.486. The lowest BCUT2D eigenvalue weighted by molar-refractivity contribution is 0.726. The predicted octanol–water partition coefficient (Wildman–Crippen LogP) is 1.42. The van der Waals surface area contributed by atoms with E-state index in [0.29, 0.717) is 6.04 Å². The molecule has 1 aromatic carbocycles. The smallest absolute Gasteiger partial charge is 0.128 e. The van der Waals surface area contributed by atoms with Crippen molar-refractivity contribution in [3.8, 4) is 0 Å². The highest BCUT2D eigenvalue weighted by Gasteiger charge is 2.12. The third kappa shape index (κ3) is 1.33. The first-order valence-electron chi connectivity index (χ1n) is 4.22. The van der Waals surface area contributed by atoms with Crippen molar-refractivity contribution in [1.82, 2.24) is 5.32 Å². The zero-order valence-corrected chi connectivity index (χ0v) is 7.12. The fraction of sp³-hybridized carbons (Fsp3) is 0.300. The molecule has 0 saturated heterocycles. The summed E-state index contributed by atoms with van der Waals surface area (Å²) >= 11 is 0. The molecule has 1 N–H and O–H groups in total. The maximum atomic E-state index is 4.39. The Labute approximate surface area is 72.3 Å². The number of nitrogens with one attached hydrogen (secondary N) is 1. The molecule has 0 spiro atoms.